The van der Waals surface area contributed by atoms with Gasteiger partial charge in [0.15, 0.2) is 11.5 Å². The Kier molecular flexibility index (Phi) is 8.47. The van der Waals surface area contributed by atoms with Crippen LogP contribution in [-0.2, 0) is 0 Å². The van der Waals surface area contributed by atoms with Crippen molar-refractivity contribution in [2.75, 3.05) is 13.2 Å². The fraction of sp³-hybridized carbons (Fsp3) is 0.409. The number of hydrogen-bond donors (Lipinski definition) is 1. The van der Waals surface area contributed by atoms with Gasteiger partial charge in [-0.25, -0.2) is 5.43 Å². The van der Waals surface area contributed by atoms with Gasteiger partial charge in [-0.3, -0.25) is 9.59 Å². The van der Waals surface area contributed by atoms with Crippen LogP contribution in [0.1, 0.15) is 56.6 Å². The fourth-order valence-electron chi connectivity index (χ4n) is 2.63. The highest BCUT2D eigenvalue weighted by atomic mass is 35.5. The van der Waals surface area contributed by atoms with E-state index in [1.165, 1.54) is 16.8 Å². The molecule has 0 radical (unpaired) electrons. The standard InChI is InChI=1S/C22H28ClN3O4/c1-6-29-19-11-16(10-18(23)20(19)30-13-14(2)3)12-24-25-21(27)17-8-7-9-26(15(4)5)22(17)28/h7-12,14-15H,6,13H2,1-5H3,(H,25,27)/b24-12-. The summed E-state index contributed by atoms with van der Waals surface area (Å²) in [5.41, 5.74) is 2.66. The second-order valence-corrected chi connectivity index (χ2v) is 7.80. The van der Waals surface area contributed by atoms with E-state index in [4.69, 9.17) is 21.1 Å². The predicted octanol–water partition coefficient (Wildman–Crippen LogP) is 4.28. The van der Waals surface area contributed by atoms with E-state index in [-0.39, 0.29) is 17.2 Å². The zero-order valence-corrected chi connectivity index (χ0v) is 18.7. The fourth-order valence-corrected chi connectivity index (χ4v) is 2.90. The Morgan fingerprint density at radius 3 is 2.63 bits per heavy atom. The Balaban J connectivity index is 2.19. The summed E-state index contributed by atoms with van der Waals surface area (Å²) in [6.07, 6.45) is 3.08. The molecule has 0 saturated carbocycles. The van der Waals surface area contributed by atoms with Crippen molar-refractivity contribution in [3.8, 4) is 11.5 Å². The number of halogens is 1. The molecule has 2 aromatic rings. The van der Waals surface area contributed by atoms with Gasteiger partial charge in [0.05, 0.1) is 24.5 Å². The maximum atomic E-state index is 12.4. The van der Waals surface area contributed by atoms with E-state index in [0.29, 0.717) is 41.2 Å². The van der Waals surface area contributed by atoms with Crippen LogP contribution < -0.4 is 20.5 Å². The number of ether oxygens (including phenoxy) is 2. The Hall–Kier alpha value is -2.80. The summed E-state index contributed by atoms with van der Waals surface area (Å²) < 4.78 is 12.9. The number of hydrazone groups is 1. The first-order valence-electron chi connectivity index (χ1n) is 9.88. The lowest BCUT2D eigenvalue weighted by molar-refractivity contribution is 0.0953. The molecule has 8 heteroatoms. The minimum Gasteiger partial charge on any atom is -0.490 e. The van der Waals surface area contributed by atoms with Crippen molar-refractivity contribution in [3.05, 3.63) is 57.0 Å². The molecule has 0 saturated heterocycles. The highest BCUT2D eigenvalue weighted by Gasteiger charge is 2.14. The van der Waals surface area contributed by atoms with Gasteiger partial charge in [-0.15, -0.1) is 0 Å². The van der Waals surface area contributed by atoms with Crippen LogP contribution in [0, 0.1) is 5.92 Å². The predicted molar refractivity (Wildman–Crippen MR) is 119 cm³/mol. The number of hydrogen-bond acceptors (Lipinski definition) is 5. The minimum atomic E-state index is -0.584. The Morgan fingerprint density at radius 1 is 1.27 bits per heavy atom. The number of nitrogens with one attached hydrogen (secondary N) is 1. The van der Waals surface area contributed by atoms with Gasteiger partial charge in [0, 0.05) is 12.2 Å². The van der Waals surface area contributed by atoms with Crippen LogP contribution in [0.2, 0.25) is 5.02 Å². The van der Waals surface area contributed by atoms with Crippen molar-refractivity contribution >= 4 is 23.7 Å². The third kappa shape index (κ3) is 6.10. The second kappa shape index (κ2) is 10.8. The number of rotatable bonds is 9. The molecule has 30 heavy (non-hydrogen) atoms. The van der Waals surface area contributed by atoms with Gasteiger partial charge < -0.3 is 14.0 Å². The lowest BCUT2D eigenvalue weighted by atomic mass is 10.2. The number of nitrogens with zero attached hydrogens (tertiary/aromatic N) is 2. The molecule has 0 fully saturated rings. The largest absolute Gasteiger partial charge is 0.490 e. The Bertz CT molecular complexity index is 967. The number of aromatic nitrogens is 1. The molecule has 0 bridgehead atoms. The van der Waals surface area contributed by atoms with Crippen molar-refractivity contribution in [3.63, 3.8) is 0 Å². The molecule has 0 aliphatic carbocycles. The minimum absolute atomic E-state index is 0.0221. The third-order valence-corrected chi connectivity index (χ3v) is 4.33. The molecule has 0 unspecified atom stereocenters. The van der Waals surface area contributed by atoms with E-state index in [9.17, 15) is 9.59 Å². The van der Waals surface area contributed by atoms with Gasteiger partial charge in [-0.2, -0.15) is 5.10 Å². The van der Waals surface area contributed by atoms with E-state index >= 15 is 0 Å². The zero-order chi connectivity index (χ0) is 22.3. The van der Waals surface area contributed by atoms with Gasteiger partial charge in [-0.1, -0.05) is 25.4 Å². The Morgan fingerprint density at radius 2 is 2.00 bits per heavy atom. The van der Waals surface area contributed by atoms with Gasteiger partial charge in [-0.05, 0) is 56.5 Å². The lowest BCUT2D eigenvalue weighted by Crippen LogP contribution is -2.31. The van der Waals surface area contributed by atoms with Crippen LogP contribution in [0.4, 0.5) is 0 Å². The van der Waals surface area contributed by atoms with E-state index in [1.54, 1.807) is 24.4 Å². The normalized spacial score (nSPS) is 11.3. The molecule has 0 aliphatic rings. The smallest absolute Gasteiger partial charge is 0.276 e. The first kappa shape index (κ1) is 23.5. The van der Waals surface area contributed by atoms with Crippen LogP contribution in [0.15, 0.2) is 40.4 Å². The van der Waals surface area contributed by atoms with E-state index in [1.807, 2.05) is 34.6 Å². The summed E-state index contributed by atoms with van der Waals surface area (Å²) in [7, 11) is 0. The maximum absolute atomic E-state index is 12.4. The second-order valence-electron chi connectivity index (χ2n) is 7.40. The van der Waals surface area contributed by atoms with Crippen LogP contribution in [-0.4, -0.2) is 29.9 Å². The molecule has 1 aromatic carbocycles. The molecule has 0 spiro atoms. The van der Waals surface area contributed by atoms with Gasteiger partial charge >= 0.3 is 0 Å². The molecule has 162 valence electrons. The SMILES string of the molecule is CCOc1cc(/C=N\NC(=O)c2cccn(C(C)C)c2=O)cc(Cl)c1OCC(C)C. The van der Waals surface area contributed by atoms with E-state index < -0.39 is 5.91 Å². The van der Waals surface area contributed by atoms with Crippen molar-refractivity contribution in [2.45, 2.75) is 40.7 Å². The van der Waals surface area contributed by atoms with E-state index in [2.05, 4.69) is 10.5 Å². The highest BCUT2D eigenvalue weighted by molar-refractivity contribution is 6.32. The van der Waals surface area contributed by atoms with Crippen LogP contribution in [0.5, 0.6) is 11.5 Å². The van der Waals surface area contributed by atoms with Crippen LogP contribution >= 0.6 is 11.6 Å². The number of carbonyl (C=O) groups is 1. The molecule has 1 amide bonds. The molecule has 0 aliphatic heterocycles. The molecule has 1 N–H and O–H groups in total. The van der Waals surface area contributed by atoms with E-state index in [0.717, 1.165) is 0 Å². The van der Waals surface area contributed by atoms with Crippen molar-refractivity contribution in [1.82, 2.24) is 9.99 Å². The van der Waals surface area contributed by atoms with Crippen molar-refractivity contribution in [1.29, 1.82) is 0 Å². The van der Waals surface area contributed by atoms with Crippen molar-refractivity contribution in [2.24, 2.45) is 11.0 Å². The lowest BCUT2D eigenvalue weighted by Gasteiger charge is -2.15. The van der Waals surface area contributed by atoms with Gasteiger partial charge in [0.25, 0.3) is 11.5 Å². The molecule has 0 atom stereocenters. The summed E-state index contributed by atoms with van der Waals surface area (Å²) in [6.45, 7) is 10.6. The summed E-state index contributed by atoms with van der Waals surface area (Å²) in [5, 5.41) is 4.34. The summed E-state index contributed by atoms with van der Waals surface area (Å²) in [5.74, 6) is 0.734. The topological polar surface area (TPSA) is 81.9 Å². The Labute approximate surface area is 181 Å². The number of amides is 1. The first-order valence-corrected chi connectivity index (χ1v) is 10.3. The van der Waals surface area contributed by atoms with Crippen LogP contribution in [0.25, 0.3) is 0 Å². The zero-order valence-electron chi connectivity index (χ0n) is 17.9. The molecular weight excluding hydrogens is 406 g/mol. The quantitative estimate of drug-likeness (QED) is 0.472. The number of pyridine rings is 1. The van der Waals surface area contributed by atoms with Gasteiger partial charge in [0.1, 0.15) is 5.56 Å². The summed E-state index contributed by atoms with van der Waals surface area (Å²) in [4.78, 5) is 24.8. The summed E-state index contributed by atoms with van der Waals surface area (Å²) >= 11 is 6.36. The average molecular weight is 434 g/mol. The van der Waals surface area contributed by atoms with Gasteiger partial charge in [0.2, 0.25) is 0 Å². The molecular formula is C22H28ClN3O4. The monoisotopic (exact) mass is 433 g/mol. The molecule has 1 aromatic heterocycles. The molecule has 2 rings (SSSR count). The third-order valence-electron chi connectivity index (χ3n) is 4.05. The van der Waals surface area contributed by atoms with Crippen molar-refractivity contribution < 1.29 is 14.3 Å². The molecule has 1 heterocycles. The summed E-state index contributed by atoms with van der Waals surface area (Å²) in [6, 6.07) is 6.48. The highest BCUT2D eigenvalue weighted by Crippen LogP contribution is 2.36. The van der Waals surface area contributed by atoms with Crippen LogP contribution in [0.3, 0.4) is 0 Å². The number of benzene rings is 1. The molecule has 7 nitrogen and oxygen atoms in total. The first-order chi connectivity index (χ1) is 14.2. The number of carbonyl (C=O) groups excluding carboxylic acids is 1. The maximum Gasteiger partial charge on any atom is 0.276 e. The average Bonchev–Trinajstić information content (AvgIpc) is 2.67.